The summed E-state index contributed by atoms with van der Waals surface area (Å²) in [5.74, 6) is 1.53. The minimum absolute atomic E-state index is 0.673. The molecule has 130 valence electrons. The minimum Gasteiger partial charge on any atom is -0.496 e. The molecule has 1 saturated heterocycles. The van der Waals surface area contributed by atoms with Crippen molar-refractivity contribution in [2.45, 2.75) is 31.7 Å². The predicted octanol–water partition coefficient (Wildman–Crippen LogP) is 2.24. The second kappa shape index (κ2) is 8.41. The van der Waals surface area contributed by atoms with Crippen LogP contribution in [0.15, 0.2) is 12.1 Å². The smallest absolute Gasteiger partial charge is 0.145 e. The van der Waals surface area contributed by atoms with E-state index in [2.05, 4.69) is 23.9 Å². The summed E-state index contributed by atoms with van der Waals surface area (Å²) in [6.45, 7) is 3.51. The van der Waals surface area contributed by atoms with Crippen LogP contribution in [0, 0.1) is 0 Å². The lowest BCUT2D eigenvalue weighted by Crippen LogP contribution is -2.42. The number of benzene rings is 1. The number of hydrogen-bond donors (Lipinski definition) is 1. The molecular weight excluding hydrogens is 290 g/mol. The average Bonchev–Trinajstić information content (AvgIpc) is 2.55. The van der Waals surface area contributed by atoms with Gasteiger partial charge in [-0.05, 0) is 71.0 Å². The summed E-state index contributed by atoms with van der Waals surface area (Å²) in [6.07, 6.45) is 4.61. The van der Waals surface area contributed by atoms with Crippen LogP contribution in [0.5, 0.6) is 11.5 Å². The number of ether oxygens (including phenoxy) is 2. The highest BCUT2D eigenvalue weighted by atomic mass is 16.5. The molecule has 2 N–H and O–H groups in total. The van der Waals surface area contributed by atoms with Crippen LogP contribution in [0.1, 0.15) is 24.8 Å². The second-order valence-electron chi connectivity index (χ2n) is 6.52. The van der Waals surface area contributed by atoms with Crippen molar-refractivity contribution < 1.29 is 9.47 Å². The number of nitrogen functional groups attached to an aromatic ring is 1. The Bertz CT molecular complexity index is 499. The van der Waals surface area contributed by atoms with Crippen LogP contribution in [-0.2, 0) is 6.42 Å². The Hall–Kier alpha value is -1.46. The summed E-state index contributed by atoms with van der Waals surface area (Å²) < 4.78 is 10.7. The zero-order valence-electron chi connectivity index (χ0n) is 15.0. The van der Waals surface area contributed by atoms with E-state index >= 15 is 0 Å². The van der Waals surface area contributed by atoms with Gasteiger partial charge in [-0.25, -0.2) is 0 Å². The molecule has 0 atom stereocenters. The van der Waals surface area contributed by atoms with Crippen LogP contribution in [0.4, 0.5) is 5.69 Å². The Morgan fingerprint density at radius 3 is 2.43 bits per heavy atom. The summed E-state index contributed by atoms with van der Waals surface area (Å²) in [4.78, 5) is 4.92. The molecular formula is C18H31N3O2. The first-order valence-corrected chi connectivity index (χ1v) is 8.44. The van der Waals surface area contributed by atoms with Crippen molar-refractivity contribution in [1.29, 1.82) is 0 Å². The van der Waals surface area contributed by atoms with Gasteiger partial charge in [-0.1, -0.05) is 0 Å². The fraction of sp³-hybridized carbons (Fsp3) is 0.667. The Labute approximate surface area is 140 Å². The summed E-state index contributed by atoms with van der Waals surface area (Å²) in [7, 11) is 7.77. The number of anilines is 1. The maximum atomic E-state index is 6.02. The van der Waals surface area contributed by atoms with Gasteiger partial charge in [-0.3, -0.25) is 0 Å². The fourth-order valence-electron chi connectivity index (χ4n) is 3.32. The molecule has 1 fully saturated rings. The highest BCUT2D eigenvalue weighted by Crippen LogP contribution is 2.31. The van der Waals surface area contributed by atoms with E-state index in [1.165, 1.54) is 25.9 Å². The number of methoxy groups -OCH3 is 2. The maximum Gasteiger partial charge on any atom is 0.145 e. The molecule has 0 bridgehead atoms. The van der Waals surface area contributed by atoms with Gasteiger partial charge in [0.2, 0.25) is 0 Å². The Morgan fingerprint density at radius 1 is 1.17 bits per heavy atom. The van der Waals surface area contributed by atoms with Gasteiger partial charge in [0, 0.05) is 12.1 Å². The maximum absolute atomic E-state index is 6.02. The zero-order chi connectivity index (χ0) is 16.8. The predicted molar refractivity (Wildman–Crippen MR) is 95.4 cm³/mol. The van der Waals surface area contributed by atoms with Crippen molar-refractivity contribution in [2.75, 3.05) is 53.7 Å². The lowest BCUT2D eigenvalue weighted by Gasteiger charge is -2.35. The fourth-order valence-corrected chi connectivity index (χ4v) is 3.32. The molecule has 1 aliphatic rings. The van der Waals surface area contributed by atoms with E-state index in [4.69, 9.17) is 15.2 Å². The van der Waals surface area contributed by atoms with Gasteiger partial charge < -0.3 is 25.0 Å². The van der Waals surface area contributed by atoms with Crippen molar-refractivity contribution >= 4 is 5.69 Å². The molecule has 1 heterocycles. The summed E-state index contributed by atoms with van der Waals surface area (Å²) in [6, 6.07) is 4.58. The lowest BCUT2D eigenvalue weighted by atomic mass is 10.0. The third-order valence-electron chi connectivity index (χ3n) is 4.90. The number of piperidine rings is 1. The minimum atomic E-state index is 0.673. The van der Waals surface area contributed by atoms with E-state index in [0.29, 0.717) is 17.5 Å². The van der Waals surface area contributed by atoms with Gasteiger partial charge in [0.1, 0.15) is 11.5 Å². The molecule has 0 amide bonds. The average molecular weight is 321 g/mol. The Balaban J connectivity index is 1.87. The quantitative estimate of drug-likeness (QED) is 0.781. The molecule has 0 aliphatic carbocycles. The van der Waals surface area contributed by atoms with Crippen LogP contribution in [0.3, 0.4) is 0 Å². The number of hydrogen-bond acceptors (Lipinski definition) is 5. The standard InChI is InChI=1S/C18H31N3O2/c1-20-10-7-15(8-11-20)21(2)9-5-6-14-12-16(19)18(23-4)13-17(14)22-3/h12-13,15H,5-11,19H2,1-4H3. The molecule has 0 saturated carbocycles. The van der Waals surface area contributed by atoms with Gasteiger partial charge in [0.05, 0.1) is 19.9 Å². The molecule has 0 unspecified atom stereocenters. The van der Waals surface area contributed by atoms with Gasteiger partial charge >= 0.3 is 0 Å². The van der Waals surface area contributed by atoms with E-state index in [-0.39, 0.29) is 0 Å². The van der Waals surface area contributed by atoms with E-state index in [0.717, 1.165) is 30.7 Å². The van der Waals surface area contributed by atoms with Gasteiger partial charge in [-0.2, -0.15) is 0 Å². The molecule has 5 heteroatoms. The van der Waals surface area contributed by atoms with Gasteiger partial charge in [-0.15, -0.1) is 0 Å². The number of likely N-dealkylation sites (tertiary alicyclic amines) is 1. The Morgan fingerprint density at radius 2 is 1.83 bits per heavy atom. The first-order chi connectivity index (χ1) is 11.0. The monoisotopic (exact) mass is 321 g/mol. The van der Waals surface area contributed by atoms with Crippen molar-refractivity contribution in [3.05, 3.63) is 17.7 Å². The lowest BCUT2D eigenvalue weighted by molar-refractivity contribution is 0.143. The molecule has 23 heavy (non-hydrogen) atoms. The largest absolute Gasteiger partial charge is 0.496 e. The topological polar surface area (TPSA) is 51.0 Å². The molecule has 1 aromatic rings. The number of nitrogens with two attached hydrogens (primary N) is 1. The normalized spacial score (nSPS) is 16.7. The zero-order valence-corrected chi connectivity index (χ0v) is 15.0. The van der Waals surface area contributed by atoms with Gasteiger partial charge in [0.15, 0.2) is 0 Å². The Kier molecular flexibility index (Phi) is 6.54. The molecule has 0 spiro atoms. The molecule has 0 radical (unpaired) electrons. The number of nitrogens with zero attached hydrogens (tertiary/aromatic N) is 2. The van der Waals surface area contributed by atoms with Crippen LogP contribution in [0.2, 0.25) is 0 Å². The molecule has 0 aromatic heterocycles. The number of rotatable bonds is 7. The van der Waals surface area contributed by atoms with Crippen molar-refractivity contribution in [2.24, 2.45) is 0 Å². The summed E-state index contributed by atoms with van der Waals surface area (Å²) in [5.41, 5.74) is 7.85. The molecule has 1 aromatic carbocycles. The third kappa shape index (κ3) is 4.75. The van der Waals surface area contributed by atoms with Crippen LogP contribution in [0.25, 0.3) is 0 Å². The van der Waals surface area contributed by atoms with Crippen molar-refractivity contribution in [3.8, 4) is 11.5 Å². The highest BCUT2D eigenvalue weighted by Gasteiger charge is 2.20. The SMILES string of the molecule is COc1cc(OC)c(CCCN(C)C2CCN(C)CC2)cc1N. The summed E-state index contributed by atoms with van der Waals surface area (Å²) >= 11 is 0. The van der Waals surface area contributed by atoms with E-state index in [1.54, 1.807) is 14.2 Å². The second-order valence-corrected chi connectivity index (χ2v) is 6.52. The van der Waals surface area contributed by atoms with E-state index < -0.39 is 0 Å². The third-order valence-corrected chi connectivity index (χ3v) is 4.90. The summed E-state index contributed by atoms with van der Waals surface area (Å²) in [5, 5.41) is 0. The first kappa shape index (κ1) is 17.9. The van der Waals surface area contributed by atoms with Crippen LogP contribution < -0.4 is 15.2 Å². The van der Waals surface area contributed by atoms with Crippen LogP contribution in [-0.4, -0.2) is 63.8 Å². The first-order valence-electron chi connectivity index (χ1n) is 8.44. The van der Waals surface area contributed by atoms with E-state index in [9.17, 15) is 0 Å². The number of aryl methyl sites for hydroxylation is 1. The van der Waals surface area contributed by atoms with Crippen LogP contribution >= 0.6 is 0 Å². The molecule has 5 nitrogen and oxygen atoms in total. The molecule has 1 aliphatic heterocycles. The van der Waals surface area contributed by atoms with Gasteiger partial charge in [0.25, 0.3) is 0 Å². The molecule has 2 rings (SSSR count). The van der Waals surface area contributed by atoms with Crippen molar-refractivity contribution in [3.63, 3.8) is 0 Å². The van der Waals surface area contributed by atoms with E-state index in [1.807, 2.05) is 12.1 Å². The highest BCUT2D eigenvalue weighted by molar-refractivity contribution is 5.59. The van der Waals surface area contributed by atoms with Crippen molar-refractivity contribution in [1.82, 2.24) is 9.80 Å².